The number of hydrogen-bond donors (Lipinski definition) is 3. The number of urea groups is 1. The van der Waals surface area contributed by atoms with Crippen LogP contribution in [0, 0.1) is 11.8 Å². The zero-order valence-corrected chi connectivity index (χ0v) is 21.0. The monoisotopic (exact) mass is 494 g/mol. The number of likely N-dealkylation sites (tertiary alicyclic amines) is 1. The minimum Gasteiger partial charge on any atom is -0.378 e. The Kier molecular flexibility index (Phi) is 6.56. The lowest BCUT2D eigenvalue weighted by atomic mass is 9.79. The van der Waals surface area contributed by atoms with Crippen LogP contribution < -0.4 is 16.0 Å². The highest BCUT2D eigenvalue weighted by molar-refractivity contribution is 5.90. The van der Waals surface area contributed by atoms with Crippen molar-refractivity contribution < 1.29 is 9.59 Å². The molecule has 3 aliphatic rings. The van der Waals surface area contributed by atoms with Gasteiger partial charge in [-0.2, -0.15) is 0 Å². The fourth-order valence-corrected chi connectivity index (χ4v) is 6.63. The standard InChI is InChI=1S/C31H34N4O2/c36-30(24-16-8-10-18-27(24)34-31(37)32-22-13-5-2-6-14-22)35-20-19-25-28(21-11-3-1-4-12-21)33-26-17-9-7-15-23(26)29(25)35/h1-7,9,11-15,17,24-25,27-29,33H,8,10,16,18-20H2,(H2,32,34,37)/t24-,25-,27+,28+,29+/m0/s1. The van der Waals surface area contributed by atoms with Crippen LogP contribution in [-0.2, 0) is 4.79 Å². The lowest BCUT2D eigenvalue weighted by Crippen LogP contribution is -2.51. The number of fused-ring (bicyclic) bond motifs is 3. The van der Waals surface area contributed by atoms with Crippen LogP contribution in [-0.4, -0.2) is 29.4 Å². The molecule has 1 saturated heterocycles. The van der Waals surface area contributed by atoms with E-state index in [2.05, 4.69) is 69.4 Å². The van der Waals surface area contributed by atoms with Gasteiger partial charge in [-0.15, -0.1) is 0 Å². The Balaban J connectivity index is 1.24. The second kappa shape index (κ2) is 10.3. The first-order chi connectivity index (χ1) is 18.2. The summed E-state index contributed by atoms with van der Waals surface area (Å²) in [5, 5.41) is 9.83. The van der Waals surface area contributed by atoms with Crippen LogP contribution in [0.25, 0.3) is 0 Å². The number of para-hydroxylation sites is 2. The summed E-state index contributed by atoms with van der Waals surface area (Å²) in [6.45, 7) is 0.743. The van der Waals surface area contributed by atoms with Crippen molar-refractivity contribution in [3.8, 4) is 0 Å². The molecule has 1 saturated carbocycles. The molecular formula is C31H34N4O2. The summed E-state index contributed by atoms with van der Waals surface area (Å²) < 4.78 is 0. The first-order valence-electron chi connectivity index (χ1n) is 13.5. The van der Waals surface area contributed by atoms with Crippen LogP contribution in [0.5, 0.6) is 0 Å². The fourth-order valence-electron chi connectivity index (χ4n) is 6.63. The predicted molar refractivity (Wildman–Crippen MR) is 146 cm³/mol. The molecule has 3 aromatic rings. The van der Waals surface area contributed by atoms with Crippen molar-refractivity contribution in [2.24, 2.45) is 11.8 Å². The highest BCUT2D eigenvalue weighted by Gasteiger charge is 2.48. The quantitative estimate of drug-likeness (QED) is 0.409. The molecule has 0 spiro atoms. The first kappa shape index (κ1) is 23.6. The Morgan fingerprint density at radius 3 is 2.32 bits per heavy atom. The SMILES string of the molecule is O=C(Nc1ccccc1)N[C@@H]1CCCC[C@@H]1C(=O)N1CC[C@H]2[C@@H](c3ccccc3)Nc3ccccc3[C@H]21. The number of nitrogens with zero attached hydrogens (tertiary/aromatic N) is 1. The van der Waals surface area contributed by atoms with Crippen molar-refractivity contribution in [2.45, 2.75) is 50.2 Å². The molecule has 1 aliphatic carbocycles. The van der Waals surface area contributed by atoms with E-state index in [1.54, 1.807) is 0 Å². The summed E-state index contributed by atoms with van der Waals surface area (Å²) >= 11 is 0. The molecule has 2 aliphatic heterocycles. The predicted octanol–water partition coefficient (Wildman–Crippen LogP) is 6.12. The highest BCUT2D eigenvalue weighted by Crippen LogP contribution is 2.51. The van der Waals surface area contributed by atoms with Crippen LogP contribution in [0.3, 0.4) is 0 Å². The Labute approximate surface area is 218 Å². The second-order valence-corrected chi connectivity index (χ2v) is 10.5. The molecule has 3 amide bonds. The number of carbonyl (C=O) groups is 2. The first-order valence-corrected chi connectivity index (χ1v) is 13.5. The summed E-state index contributed by atoms with van der Waals surface area (Å²) in [5.74, 6) is 0.282. The number of anilines is 2. The van der Waals surface area contributed by atoms with Crippen LogP contribution in [0.15, 0.2) is 84.9 Å². The molecule has 2 heterocycles. The summed E-state index contributed by atoms with van der Waals surface area (Å²) in [4.78, 5) is 29.1. The van der Waals surface area contributed by atoms with Gasteiger partial charge in [-0.25, -0.2) is 4.79 Å². The molecule has 0 unspecified atom stereocenters. The number of nitrogens with one attached hydrogen (secondary N) is 3. The average Bonchev–Trinajstić information content (AvgIpc) is 3.39. The minimum absolute atomic E-state index is 0.0378. The maximum atomic E-state index is 14.2. The summed E-state index contributed by atoms with van der Waals surface area (Å²) in [7, 11) is 0. The molecular weight excluding hydrogens is 460 g/mol. The number of carbonyl (C=O) groups excluding carboxylic acids is 2. The molecule has 2 fully saturated rings. The van der Waals surface area contributed by atoms with Gasteiger partial charge >= 0.3 is 6.03 Å². The van der Waals surface area contributed by atoms with E-state index < -0.39 is 0 Å². The minimum atomic E-state index is -0.244. The average molecular weight is 495 g/mol. The summed E-state index contributed by atoms with van der Waals surface area (Å²) in [6.07, 6.45) is 4.63. The third-order valence-corrected chi connectivity index (χ3v) is 8.34. The third kappa shape index (κ3) is 4.68. The molecule has 3 N–H and O–H groups in total. The van der Waals surface area contributed by atoms with Crippen molar-refractivity contribution in [1.82, 2.24) is 10.2 Å². The lowest BCUT2D eigenvalue weighted by Gasteiger charge is -2.42. The second-order valence-electron chi connectivity index (χ2n) is 10.5. The Morgan fingerprint density at radius 2 is 1.51 bits per heavy atom. The van der Waals surface area contributed by atoms with Gasteiger partial charge in [-0.05, 0) is 48.6 Å². The topological polar surface area (TPSA) is 73.5 Å². The van der Waals surface area contributed by atoms with Gasteiger partial charge in [0.05, 0.1) is 18.0 Å². The number of benzene rings is 3. The molecule has 0 bridgehead atoms. The molecule has 190 valence electrons. The van der Waals surface area contributed by atoms with E-state index in [-0.39, 0.29) is 36.0 Å². The van der Waals surface area contributed by atoms with Crippen molar-refractivity contribution in [2.75, 3.05) is 17.2 Å². The van der Waals surface area contributed by atoms with Crippen LogP contribution in [0.1, 0.15) is 55.3 Å². The molecule has 6 nitrogen and oxygen atoms in total. The molecule has 6 rings (SSSR count). The maximum absolute atomic E-state index is 14.2. The summed E-state index contributed by atoms with van der Waals surface area (Å²) in [6, 6.07) is 28.2. The van der Waals surface area contributed by atoms with E-state index in [0.717, 1.165) is 50.0 Å². The third-order valence-electron chi connectivity index (χ3n) is 8.34. The van der Waals surface area contributed by atoms with E-state index in [1.807, 2.05) is 36.4 Å². The van der Waals surface area contributed by atoms with Gasteiger partial charge in [-0.3, -0.25) is 4.79 Å². The van der Waals surface area contributed by atoms with Crippen molar-refractivity contribution in [3.05, 3.63) is 96.1 Å². The summed E-state index contributed by atoms with van der Waals surface area (Å²) in [5.41, 5.74) is 4.32. The Bertz CT molecular complexity index is 1250. The highest BCUT2D eigenvalue weighted by atomic mass is 16.2. The number of rotatable bonds is 4. The zero-order valence-electron chi connectivity index (χ0n) is 21.0. The molecule has 6 heteroatoms. The molecule has 0 aromatic heterocycles. The van der Waals surface area contributed by atoms with E-state index in [9.17, 15) is 9.59 Å². The van der Waals surface area contributed by atoms with Crippen LogP contribution >= 0.6 is 0 Å². The fraction of sp³-hybridized carbons (Fsp3) is 0.355. The molecule has 3 aromatic carbocycles. The number of hydrogen-bond acceptors (Lipinski definition) is 3. The lowest BCUT2D eigenvalue weighted by molar-refractivity contribution is -0.138. The van der Waals surface area contributed by atoms with Crippen molar-refractivity contribution in [1.29, 1.82) is 0 Å². The van der Waals surface area contributed by atoms with Gasteiger partial charge in [-0.1, -0.05) is 79.6 Å². The maximum Gasteiger partial charge on any atom is 0.319 e. The molecule has 0 radical (unpaired) electrons. The number of amides is 3. The van der Waals surface area contributed by atoms with E-state index in [1.165, 1.54) is 11.1 Å². The van der Waals surface area contributed by atoms with E-state index >= 15 is 0 Å². The normalized spacial score (nSPS) is 26.4. The van der Waals surface area contributed by atoms with Gasteiger partial charge in [0.25, 0.3) is 0 Å². The van der Waals surface area contributed by atoms with Crippen molar-refractivity contribution in [3.63, 3.8) is 0 Å². The van der Waals surface area contributed by atoms with Gasteiger partial charge in [0.1, 0.15) is 0 Å². The van der Waals surface area contributed by atoms with Gasteiger partial charge < -0.3 is 20.9 Å². The van der Waals surface area contributed by atoms with Crippen LogP contribution in [0.4, 0.5) is 16.2 Å². The smallest absolute Gasteiger partial charge is 0.319 e. The Morgan fingerprint density at radius 1 is 0.811 bits per heavy atom. The molecule has 5 atom stereocenters. The van der Waals surface area contributed by atoms with Gasteiger partial charge in [0, 0.05) is 29.9 Å². The van der Waals surface area contributed by atoms with Crippen LogP contribution in [0.2, 0.25) is 0 Å². The molecule has 37 heavy (non-hydrogen) atoms. The van der Waals surface area contributed by atoms with Gasteiger partial charge in [0.2, 0.25) is 5.91 Å². The largest absolute Gasteiger partial charge is 0.378 e. The van der Waals surface area contributed by atoms with E-state index in [4.69, 9.17) is 0 Å². The van der Waals surface area contributed by atoms with Crippen molar-refractivity contribution >= 4 is 23.3 Å². The zero-order chi connectivity index (χ0) is 25.2. The Hall–Kier alpha value is -3.80. The van der Waals surface area contributed by atoms with E-state index in [0.29, 0.717) is 5.92 Å². The van der Waals surface area contributed by atoms with Gasteiger partial charge in [0.15, 0.2) is 0 Å².